The average molecular weight is 729 g/mol. The van der Waals surface area contributed by atoms with E-state index in [1.807, 2.05) is 0 Å². The van der Waals surface area contributed by atoms with Gasteiger partial charge in [-0.3, -0.25) is 0 Å². The van der Waals surface area contributed by atoms with E-state index in [2.05, 4.69) is 213 Å². The number of benzene rings is 8. The van der Waals surface area contributed by atoms with Gasteiger partial charge >= 0.3 is 0 Å². The van der Waals surface area contributed by atoms with Crippen molar-refractivity contribution in [3.8, 4) is 33.4 Å². The Balaban J connectivity index is 1.01. The van der Waals surface area contributed by atoms with E-state index in [0.29, 0.717) is 0 Å². The van der Waals surface area contributed by atoms with Gasteiger partial charge in [-0.25, -0.2) is 0 Å². The molecule has 2 heterocycles. The van der Waals surface area contributed by atoms with Crippen LogP contribution in [0.5, 0.6) is 0 Å². The molecular weight excluding hydrogens is 687 g/mol. The fourth-order valence-corrected chi connectivity index (χ4v) is 11.1. The Bertz CT molecular complexity index is 2990. The molecule has 2 aliphatic heterocycles. The van der Waals surface area contributed by atoms with Gasteiger partial charge < -0.3 is 9.80 Å². The molecule has 0 amide bonds. The maximum absolute atomic E-state index is 2.52. The van der Waals surface area contributed by atoms with E-state index >= 15 is 0 Å². The number of fused-ring (bicyclic) bond motifs is 10. The van der Waals surface area contributed by atoms with Crippen LogP contribution in [-0.4, -0.2) is 6.71 Å². The fraction of sp³-hybridized carbons (Fsp3) is 0.111. The van der Waals surface area contributed by atoms with Gasteiger partial charge in [0, 0.05) is 45.0 Å². The van der Waals surface area contributed by atoms with Crippen LogP contribution in [0.1, 0.15) is 49.9 Å². The molecule has 0 bridgehead atoms. The zero-order valence-electron chi connectivity index (χ0n) is 32.7. The van der Waals surface area contributed by atoms with Crippen LogP contribution in [0, 0.1) is 0 Å². The topological polar surface area (TPSA) is 6.48 Å². The van der Waals surface area contributed by atoms with Crippen molar-refractivity contribution in [3.63, 3.8) is 0 Å². The van der Waals surface area contributed by atoms with Crippen molar-refractivity contribution in [1.29, 1.82) is 0 Å². The van der Waals surface area contributed by atoms with Crippen LogP contribution in [0.3, 0.4) is 0 Å². The first-order chi connectivity index (χ1) is 27.8. The van der Waals surface area contributed by atoms with E-state index < -0.39 is 0 Å². The lowest BCUT2D eigenvalue weighted by molar-refractivity contribution is 0.660. The molecule has 0 spiro atoms. The number of hydrogen-bond acceptors (Lipinski definition) is 2. The molecule has 3 heteroatoms. The number of nitrogens with zero attached hydrogens (tertiary/aromatic N) is 2. The highest BCUT2D eigenvalue weighted by atomic mass is 15.2. The molecule has 57 heavy (non-hydrogen) atoms. The molecule has 12 rings (SSSR count). The third-order valence-electron chi connectivity index (χ3n) is 13.6. The van der Waals surface area contributed by atoms with Crippen LogP contribution < -0.4 is 26.2 Å². The Hall–Kier alpha value is -6.58. The van der Waals surface area contributed by atoms with E-state index in [-0.39, 0.29) is 17.5 Å². The standard InChI is InChI=1S/C54H41BN2/c1-53(2)42-19-7-5-15-38(42)40-32-31-36(33-44(40)53)57-48-24-12-10-22-46(48)55-45-21-9-11-23-47(45)56(49-25-14-26-50(57)52(49)55)35-29-27-34(28-30-35)37-17-13-18-41-39-16-6-8-20-43(39)54(3,4)51(37)41/h5-33H,1-4H3. The molecule has 0 saturated carbocycles. The Morgan fingerprint density at radius 2 is 0.842 bits per heavy atom. The maximum atomic E-state index is 2.52. The van der Waals surface area contributed by atoms with Crippen molar-refractivity contribution in [2.75, 3.05) is 9.80 Å². The monoisotopic (exact) mass is 728 g/mol. The molecule has 0 N–H and O–H groups in total. The SMILES string of the molecule is CC1(C)c2ccccc2-c2ccc(N3c4ccccc4B4c5ccccc5N(c5ccc(-c6cccc7c6C(C)(C)c6ccccc6-7)cc5)c5cccc3c54)cc21. The van der Waals surface area contributed by atoms with Gasteiger partial charge in [0.05, 0.1) is 0 Å². The molecule has 0 aromatic heterocycles. The molecule has 2 nitrogen and oxygen atoms in total. The van der Waals surface area contributed by atoms with Gasteiger partial charge in [0.1, 0.15) is 0 Å². The molecule has 2 aliphatic carbocycles. The van der Waals surface area contributed by atoms with Gasteiger partial charge in [-0.05, 0) is 121 Å². The smallest absolute Gasteiger partial charge is 0.252 e. The van der Waals surface area contributed by atoms with Crippen molar-refractivity contribution in [2.24, 2.45) is 0 Å². The first-order valence-corrected chi connectivity index (χ1v) is 20.3. The van der Waals surface area contributed by atoms with E-state index in [1.165, 1.54) is 100 Å². The van der Waals surface area contributed by atoms with Gasteiger partial charge in [0.2, 0.25) is 0 Å². The summed E-state index contributed by atoms with van der Waals surface area (Å²) in [6.07, 6.45) is 0. The average Bonchev–Trinajstić information content (AvgIpc) is 3.63. The summed E-state index contributed by atoms with van der Waals surface area (Å²) in [4.78, 5) is 5.02. The minimum Gasteiger partial charge on any atom is -0.311 e. The molecule has 0 atom stereocenters. The van der Waals surface area contributed by atoms with Crippen molar-refractivity contribution in [3.05, 3.63) is 198 Å². The minimum absolute atomic E-state index is 0.0775. The van der Waals surface area contributed by atoms with Crippen molar-refractivity contribution < 1.29 is 0 Å². The third kappa shape index (κ3) is 4.32. The summed E-state index contributed by atoms with van der Waals surface area (Å²) in [5, 5.41) is 0. The number of hydrogen-bond donors (Lipinski definition) is 0. The zero-order valence-corrected chi connectivity index (χ0v) is 32.7. The molecule has 8 aromatic rings. The largest absolute Gasteiger partial charge is 0.311 e. The van der Waals surface area contributed by atoms with E-state index in [1.54, 1.807) is 0 Å². The lowest BCUT2D eigenvalue weighted by atomic mass is 9.33. The fourth-order valence-electron chi connectivity index (χ4n) is 11.1. The summed E-state index contributed by atoms with van der Waals surface area (Å²) in [6, 6.07) is 66.1. The maximum Gasteiger partial charge on any atom is 0.252 e. The predicted octanol–water partition coefficient (Wildman–Crippen LogP) is 12.0. The Morgan fingerprint density at radius 3 is 1.53 bits per heavy atom. The van der Waals surface area contributed by atoms with Crippen molar-refractivity contribution >= 4 is 57.2 Å². The second kappa shape index (κ2) is 11.5. The molecule has 0 unspecified atom stereocenters. The van der Waals surface area contributed by atoms with E-state index in [4.69, 9.17) is 0 Å². The minimum atomic E-state index is -0.0860. The molecule has 270 valence electrons. The summed E-state index contributed by atoms with van der Waals surface area (Å²) in [5.41, 5.74) is 24.7. The van der Waals surface area contributed by atoms with Crippen LogP contribution in [0.15, 0.2) is 176 Å². The molecular formula is C54H41BN2. The highest BCUT2D eigenvalue weighted by Gasteiger charge is 2.44. The molecule has 0 saturated heterocycles. The van der Waals surface area contributed by atoms with E-state index in [0.717, 1.165) is 5.69 Å². The van der Waals surface area contributed by atoms with Crippen molar-refractivity contribution in [2.45, 2.75) is 38.5 Å². The van der Waals surface area contributed by atoms with Crippen LogP contribution in [0.25, 0.3) is 33.4 Å². The second-order valence-electron chi connectivity index (χ2n) is 17.3. The van der Waals surface area contributed by atoms with Gasteiger partial charge in [-0.15, -0.1) is 0 Å². The summed E-state index contributed by atoms with van der Waals surface area (Å²) in [6.45, 7) is 9.60. The first-order valence-electron chi connectivity index (χ1n) is 20.3. The Kier molecular flexibility index (Phi) is 6.58. The quantitative estimate of drug-likeness (QED) is 0.167. The zero-order chi connectivity index (χ0) is 38.2. The summed E-state index contributed by atoms with van der Waals surface area (Å²) in [7, 11) is 0. The van der Waals surface area contributed by atoms with Gasteiger partial charge in [0.15, 0.2) is 0 Å². The van der Waals surface area contributed by atoms with Crippen LogP contribution in [0.2, 0.25) is 0 Å². The number of rotatable bonds is 3. The predicted molar refractivity (Wildman–Crippen MR) is 241 cm³/mol. The number of para-hydroxylation sites is 2. The summed E-state index contributed by atoms with van der Waals surface area (Å²) in [5.74, 6) is 0. The lowest BCUT2D eigenvalue weighted by Crippen LogP contribution is -2.61. The number of anilines is 6. The molecule has 8 aromatic carbocycles. The van der Waals surface area contributed by atoms with Crippen LogP contribution in [0.4, 0.5) is 34.1 Å². The highest BCUT2D eigenvalue weighted by molar-refractivity contribution is 7.00. The first kappa shape index (κ1) is 32.6. The Labute approximate surface area is 335 Å². The van der Waals surface area contributed by atoms with Gasteiger partial charge in [-0.1, -0.05) is 155 Å². The van der Waals surface area contributed by atoms with Gasteiger partial charge in [-0.2, -0.15) is 0 Å². The molecule has 0 radical (unpaired) electrons. The lowest BCUT2D eigenvalue weighted by Gasteiger charge is -2.44. The highest BCUT2D eigenvalue weighted by Crippen LogP contribution is 2.53. The summed E-state index contributed by atoms with van der Waals surface area (Å²) >= 11 is 0. The van der Waals surface area contributed by atoms with Crippen molar-refractivity contribution in [1.82, 2.24) is 0 Å². The molecule has 4 aliphatic rings. The second-order valence-corrected chi connectivity index (χ2v) is 17.3. The van der Waals surface area contributed by atoms with Crippen LogP contribution >= 0.6 is 0 Å². The summed E-state index contributed by atoms with van der Waals surface area (Å²) < 4.78 is 0. The molecule has 0 fully saturated rings. The third-order valence-corrected chi connectivity index (χ3v) is 13.6. The Morgan fingerprint density at radius 1 is 0.368 bits per heavy atom. The normalized spacial score (nSPS) is 15.5. The van der Waals surface area contributed by atoms with E-state index in [9.17, 15) is 0 Å². The van der Waals surface area contributed by atoms with Crippen LogP contribution in [-0.2, 0) is 10.8 Å². The van der Waals surface area contributed by atoms with Gasteiger partial charge in [0.25, 0.3) is 6.71 Å².